The first kappa shape index (κ1) is 14.9. The number of likely N-dealkylation sites (tertiary alicyclic amines) is 1. The summed E-state index contributed by atoms with van der Waals surface area (Å²) in [5, 5.41) is 8.27. The summed E-state index contributed by atoms with van der Waals surface area (Å²) >= 11 is 0. The van der Waals surface area contributed by atoms with Gasteiger partial charge in [0.05, 0.1) is 17.9 Å². The second-order valence-corrected chi connectivity index (χ2v) is 6.17. The molecule has 1 amide bonds. The summed E-state index contributed by atoms with van der Waals surface area (Å²) in [6, 6.07) is 5.96. The Morgan fingerprint density at radius 3 is 3.08 bits per heavy atom. The summed E-state index contributed by atoms with van der Waals surface area (Å²) in [5.74, 6) is 0.0627. The van der Waals surface area contributed by atoms with Crippen molar-refractivity contribution in [3.8, 4) is 0 Å². The minimum atomic E-state index is 0.0627. The summed E-state index contributed by atoms with van der Waals surface area (Å²) < 4.78 is 3.93. The number of carbonyl (C=O) groups excluding carboxylic acids is 1. The number of benzene rings is 1. The van der Waals surface area contributed by atoms with Gasteiger partial charge in [-0.25, -0.2) is 9.67 Å². The van der Waals surface area contributed by atoms with Crippen LogP contribution in [0.2, 0.25) is 0 Å². The number of amides is 1. The van der Waals surface area contributed by atoms with Crippen molar-refractivity contribution in [2.75, 3.05) is 13.1 Å². The van der Waals surface area contributed by atoms with E-state index in [9.17, 15) is 4.79 Å². The summed E-state index contributed by atoms with van der Waals surface area (Å²) in [4.78, 5) is 18.9. The Labute approximate surface area is 139 Å². The van der Waals surface area contributed by atoms with E-state index in [0.29, 0.717) is 11.6 Å². The van der Waals surface area contributed by atoms with Crippen LogP contribution in [-0.2, 0) is 6.54 Å². The Balaban J connectivity index is 1.56. The molecule has 7 heteroatoms. The van der Waals surface area contributed by atoms with Gasteiger partial charge in [0.25, 0.3) is 5.91 Å². The topological polar surface area (TPSA) is 68.8 Å². The molecule has 1 aromatic carbocycles. The Morgan fingerprint density at radius 1 is 1.38 bits per heavy atom. The summed E-state index contributed by atoms with van der Waals surface area (Å²) in [5.41, 5.74) is 2.41. The zero-order valence-corrected chi connectivity index (χ0v) is 13.7. The Kier molecular flexibility index (Phi) is 3.76. The highest BCUT2D eigenvalue weighted by Crippen LogP contribution is 2.23. The maximum Gasteiger partial charge on any atom is 0.254 e. The maximum atomic E-state index is 12.9. The lowest BCUT2D eigenvalue weighted by Gasteiger charge is -2.33. The number of aryl methyl sites for hydroxylation is 1. The molecule has 0 N–H and O–H groups in total. The van der Waals surface area contributed by atoms with Crippen molar-refractivity contribution in [2.24, 2.45) is 0 Å². The van der Waals surface area contributed by atoms with Crippen LogP contribution in [0.15, 0.2) is 36.9 Å². The summed E-state index contributed by atoms with van der Waals surface area (Å²) in [6.45, 7) is 4.30. The highest BCUT2D eigenvalue weighted by atomic mass is 16.2. The first-order chi connectivity index (χ1) is 11.8. The van der Waals surface area contributed by atoms with Crippen LogP contribution in [0.4, 0.5) is 0 Å². The normalized spacial score (nSPS) is 18.2. The maximum absolute atomic E-state index is 12.9. The molecule has 1 saturated heterocycles. The van der Waals surface area contributed by atoms with Crippen molar-refractivity contribution in [1.82, 2.24) is 29.4 Å². The molecule has 0 spiro atoms. The molecule has 0 unspecified atom stereocenters. The van der Waals surface area contributed by atoms with Crippen LogP contribution >= 0.6 is 0 Å². The van der Waals surface area contributed by atoms with E-state index in [1.807, 2.05) is 47.2 Å². The van der Waals surface area contributed by atoms with E-state index in [0.717, 1.165) is 43.5 Å². The molecule has 2 aromatic heterocycles. The van der Waals surface area contributed by atoms with Gasteiger partial charge in [0, 0.05) is 37.6 Å². The molecule has 1 atom stereocenters. The van der Waals surface area contributed by atoms with Crippen molar-refractivity contribution >= 4 is 16.9 Å². The molecular formula is C17H20N6O. The number of carbonyl (C=O) groups is 1. The van der Waals surface area contributed by atoms with Crippen molar-refractivity contribution in [1.29, 1.82) is 0 Å². The van der Waals surface area contributed by atoms with E-state index in [4.69, 9.17) is 0 Å². The molecular weight excluding hydrogens is 304 g/mol. The van der Waals surface area contributed by atoms with Gasteiger partial charge in [-0.2, -0.15) is 0 Å². The number of fused-ring (bicyclic) bond motifs is 1. The average molecular weight is 324 g/mol. The molecule has 3 aromatic rings. The predicted octanol–water partition coefficient (Wildman–Crippen LogP) is 2.12. The third-order valence-electron chi connectivity index (χ3n) is 4.69. The Morgan fingerprint density at radius 2 is 2.29 bits per heavy atom. The van der Waals surface area contributed by atoms with Crippen LogP contribution in [0.1, 0.15) is 36.2 Å². The lowest BCUT2D eigenvalue weighted by atomic mass is 10.0. The van der Waals surface area contributed by atoms with Gasteiger partial charge >= 0.3 is 0 Å². The number of nitrogens with zero attached hydrogens (tertiary/aromatic N) is 6. The average Bonchev–Trinajstić information content (AvgIpc) is 3.30. The zero-order valence-electron chi connectivity index (χ0n) is 13.7. The zero-order chi connectivity index (χ0) is 16.5. The first-order valence-electron chi connectivity index (χ1n) is 8.36. The van der Waals surface area contributed by atoms with Crippen molar-refractivity contribution in [2.45, 2.75) is 32.4 Å². The van der Waals surface area contributed by atoms with Crippen LogP contribution in [0.3, 0.4) is 0 Å². The number of hydrogen-bond acceptors (Lipinski definition) is 4. The predicted molar refractivity (Wildman–Crippen MR) is 89.6 cm³/mol. The molecule has 3 heterocycles. The molecule has 4 rings (SSSR count). The van der Waals surface area contributed by atoms with Gasteiger partial charge in [-0.1, -0.05) is 5.21 Å². The fourth-order valence-electron chi connectivity index (χ4n) is 3.39. The monoisotopic (exact) mass is 324 g/mol. The fraction of sp³-hybridized carbons (Fsp3) is 0.412. The highest BCUT2D eigenvalue weighted by molar-refractivity contribution is 5.97. The van der Waals surface area contributed by atoms with Gasteiger partial charge < -0.3 is 9.47 Å². The summed E-state index contributed by atoms with van der Waals surface area (Å²) in [6.07, 6.45) is 7.65. The third kappa shape index (κ3) is 2.55. The standard InChI is InChI=1S/C17H20N6O/c1-2-23-16-6-5-13(10-15(16)19-20-23)17(24)21-8-3-4-14(11-21)22-9-7-18-12-22/h5-7,9-10,12,14H,2-4,8,11H2,1H3/t14-/m1/s1. The number of piperidine rings is 1. The largest absolute Gasteiger partial charge is 0.337 e. The number of imidazole rings is 1. The number of aromatic nitrogens is 5. The van der Waals surface area contributed by atoms with Crippen LogP contribution in [0, 0.1) is 0 Å². The minimum Gasteiger partial charge on any atom is -0.337 e. The third-order valence-corrected chi connectivity index (χ3v) is 4.69. The molecule has 0 radical (unpaired) electrons. The molecule has 0 bridgehead atoms. The molecule has 0 saturated carbocycles. The highest BCUT2D eigenvalue weighted by Gasteiger charge is 2.25. The van der Waals surface area contributed by atoms with Gasteiger partial charge in [0.1, 0.15) is 5.52 Å². The van der Waals surface area contributed by atoms with Crippen LogP contribution in [-0.4, -0.2) is 48.4 Å². The van der Waals surface area contributed by atoms with E-state index in [2.05, 4.69) is 19.9 Å². The van der Waals surface area contributed by atoms with Crippen LogP contribution in [0.5, 0.6) is 0 Å². The Hall–Kier alpha value is -2.70. The lowest BCUT2D eigenvalue weighted by Crippen LogP contribution is -2.40. The van der Waals surface area contributed by atoms with Crippen molar-refractivity contribution in [3.05, 3.63) is 42.5 Å². The molecule has 0 aliphatic carbocycles. The minimum absolute atomic E-state index is 0.0627. The SMILES string of the molecule is CCn1nnc2cc(C(=O)N3CCC[C@@H](n4ccnc4)C3)ccc21. The second kappa shape index (κ2) is 6.07. The van der Waals surface area contributed by atoms with Gasteiger partial charge in [-0.15, -0.1) is 5.10 Å². The summed E-state index contributed by atoms with van der Waals surface area (Å²) in [7, 11) is 0. The number of hydrogen-bond donors (Lipinski definition) is 0. The molecule has 1 aliphatic rings. The lowest BCUT2D eigenvalue weighted by molar-refractivity contribution is 0.0679. The first-order valence-corrected chi connectivity index (χ1v) is 8.36. The molecule has 1 aliphatic heterocycles. The van der Waals surface area contributed by atoms with Gasteiger partial charge in [-0.3, -0.25) is 4.79 Å². The fourth-order valence-corrected chi connectivity index (χ4v) is 3.39. The smallest absolute Gasteiger partial charge is 0.254 e. The Bertz CT molecular complexity index is 853. The molecule has 24 heavy (non-hydrogen) atoms. The van der Waals surface area contributed by atoms with E-state index in [1.165, 1.54) is 0 Å². The van der Waals surface area contributed by atoms with E-state index in [-0.39, 0.29) is 5.91 Å². The van der Waals surface area contributed by atoms with Gasteiger partial charge in [0.15, 0.2) is 0 Å². The second-order valence-electron chi connectivity index (χ2n) is 6.17. The van der Waals surface area contributed by atoms with Gasteiger partial charge in [0.2, 0.25) is 0 Å². The molecule has 1 fully saturated rings. The van der Waals surface area contributed by atoms with E-state index >= 15 is 0 Å². The van der Waals surface area contributed by atoms with Crippen molar-refractivity contribution in [3.63, 3.8) is 0 Å². The van der Waals surface area contributed by atoms with Crippen molar-refractivity contribution < 1.29 is 4.79 Å². The molecule has 7 nitrogen and oxygen atoms in total. The quantitative estimate of drug-likeness (QED) is 0.740. The van der Waals surface area contributed by atoms with Crippen LogP contribution < -0.4 is 0 Å². The number of rotatable bonds is 3. The van der Waals surface area contributed by atoms with E-state index in [1.54, 1.807) is 6.20 Å². The molecule has 124 valence electrons. The van der Waals surface area contributed by atoms with Crippen LogP contribution in [0.25, 0.3) is 11.0 Å². The van der Waals surface area contributed by atoms with E-state index < -0.39 is 0 Å². The van der Waals surface area contributed by atoms with Gasteiger partial charge in [-0.05, 0) is 38.0 Å².